The molecule has 0 aliphatic carbocycles. The van der Waals surface area contributed by atoms with Gasteiger partial charge in [-0.3, -0.25) is 9.80 Å². The first-order chi connectivity index (χ1) is 17.9. The summed E-state index contributed by atoms with van der Waals surface area (Å²) in [5.74, 6) is 0.579. The zero-order valence-electron chi connectivity index (χ0n) is 23.4. The van der Waals surface area contributed by atoms with Crippen molar-refractivity contribution in [2.45, 2.75) is 71.8 Å². The van der Waals surface area contributed by atoms with Gasteiger partial charge in [0.15, 0.2) is 8.32 Å². The van der Waals surface area contributed by atoms with Crippen molar-refractivity contribution in [3.63, 3.8) is 0 Å². The molecule has 38 heavy (non-hydrogen) atoms. The van der Waals surface area contributed by atoms with Gasteiger partial charge in [0, 0.05) is 23.1 Å². The number of halogens is 1. The summed E-state index contributed by atoms with van der Waals surface area (Å²) in [4.78, 5) is 26.7. The van der Waals surface area contributed by atoms with Gasteiger partial charge in [0.2, 0.25) is 5.95 Å². The number of benzene rings is 2. The maximum Gasteiger partial charge on any atom is 0.330 e. The Labute approximate surface area is 226 Å². The minimum Gasteiger partial charge on any atom is -0.415 e. The zero-order chi connectivity index (χ0) is 27.7. The second-order valence-corrected chi connectivity index (χ2v) is 16.2. The van der Waals surface area contributed by atoms with Crippen LogP contribution >= 0.6 is 0 Å². The number of carbonyl (C=O) groups excluding carboxylic acids is 1. The second kappa shape index (κ2) is 10.8. The van der Waals surface area contributed by atoms with Gasteiger partial charge in [-0.05, 0) is 73.4 Å². The summed E-state index contributed by atoms with van der Waals surface area (Å²) in [7, 11) is -2.03. The molecule has 0 fully saturated rings. The number of hydrogen-bond acceptors (Lipinski definition) is 5. The number of carbonyl (C=O) groups is 1. The number of aromatic nitrogens is 2. The highest BCUT2D eigenvalue weighted by Crippen LogP contribution is 2.38. The van der Waals surface area contributed by atoms with Crippen LogP contribution < -0.4 is 15.1 Å². The summed E-state index contributed by atoms with van der Waals surface area (Å²) in [6, 6.07) is 13.7. The maximum absolute atomic E-state index is 14.0. The molecule has 7 nitrogen and oxygen atoms in total. The van der Waals surface area contributed by atoms with Crippen molar-refractivity contribution in [1.82, 2.24) is 9.97 Å². The van der Waals surface area contributed by atoms with E-state index in [0.29, 0.717) is 30.6 Å². The topological polar surface area (TPSA) is 70.6 Å². The Balaban J connectivity index is 1.68. The molecule has 1 atom stereocenters. The van der Waals surface area contributed by atoms with Gasteiger partial charge in [0.05, 0.1) is 19.2 Å². The number of hydrogen-bond donors (Lipinski definition) is 1. The smallest absolute Gasteiger partial charge is 0.330 e. The van der Waals surface area contributed by atoms with Crippen LogP contribution in [0.15, 0.2) is 54.7 Å². The van der Waals surface area contributed by atoms with Crippen LogP contribution in [0.25, 0.3) is 0 Å². The lowest BCUT2D eigenvalue weighted by atomic mass is 10.1. The third-order valence-corrected chi connectivity index (χ3v) is 12.0. The lowest BCUT2D eigenvalue weighted by molar-refractivity contribution is 0.235. The lowest BCUT2D eigenvalue weighted by Gasteiger charge is -2.41. The Morgan fingerprint density at radius 2 is 1.76 bits per heavy atom. The number of anilines is 4. The van der Waals surface area contributed by atoms with Gasteiger partial charge in [-0.25, -0.2) is 14.2 Å². The fourth-order valence-corrected chi connectivity index (χ4v) is 5.12. The molecular weight excluding hydrogens is 497 g/mol. The molecule has 1 N–H and O–H groups in total. The molecule has 9 heteroatoms. The number of nitrogens with one attached hydrogen (secondary N) is 1. The van der Waals surface area contributed by atoms with Crippen molar-refractivity contribution in [1.29, 1.82) is 0 Å². The van der Waals surface area contributed by atoms with E-state index in [1.54, 1.807) is 28.1 Å². The summed E-state index contributed by atoms with van der Waals surface area (Å²) in [6.07, 6.45) is 2.69. The summed E-state index contributed by atoms with van der Waals surface area (Å²) < 4.78 is 19.9. The van der Waals surface area contributed by atoms with E-state index in [1.165, 1.54) is 17.7 Å². The van der Waals surface area contributed by atoms with Crippen LogP contribution in [0.4, 0.5) is 32.3 Å². The van der Waals surface area contributed by atoms with Crippen molar-refractivity contribution < 1.29 is 13.6 Å². The first-order valence-electron chi connectivity index (χ1n) is 13.1. The normalized spacial score (nSPS) is 14.9. The van der Waals surface area contributed by atoms with Gasteiger partial charge < -0.3 is 9.74 Å². The number of rotatable bonds is 8. The van der Waals surface area contributed by atoms with E-state index in [-0.39, 0.29) is 22.9 Å². The van der Waals surface area contributed by atoms with E-state index in [0.717, 1.165) is 17.7 Å². The monoisotopic (exact) mass is 535 g/mol. The first kappa shape index (κ1) is 27.7. The highest BCUT2D eigenvalue weighted by atomic mass is 28.4. The molecule has 0 saturated heterocycles. The van der Waals surface area contributed by atoms with Crippen LogP contribution in [0.5, 0.6) is 0 Å². The minimum absolute atomic E-state index is 0.0536. The number of amides is 2. The molecule has 1 aliphatic heterocycles. The van der Waals surface area contributed by atoms with E-state index in [9.17, 15) is 9.18 Å². The molecule has 1 unspecified atom stereocenters. The molecule has 2 aromatic carbocycles. The molecule has 2 heterocycles. The van der Waals surface area contributed by atoms with Crippen LogP contribution in [0, 0.1) is 5.82 Å². The highest BCUT2D eigenvalue weighted by Gasteiger charge is 2.40. The SMILES string of the molecule is CCc1ccc(N2Cc3cnc(Nc4ccc(F)cc4)nc3N(C(C)CO[Si](C)(C)C(C)(C)C)C2=O)cc1. The Bertz CT molecular complexity index is 1280. The second-order valence-electron chi connectivity index (χ2n) is 11.4. The molecule has 2 amide bonds. The van der Waals surface area contributed by atoms with E-state index >= 15 is 0 Å². The molecule has 3 aromatic rings. The standard InChI is InChI=1S/C29H38FN5O2Si/c1-8-21-9-15-25(16-10-21)34-18-22-17-31-27(32-24-13-11-23(30)12-14-24)33-26(22)35(28(34)36)20(2)19-37-38(6,7)29(3,4)5/h9-17,20H,8,18-19H2,1-7H3,(H,31,32,33). The van der Waals surface area contributed by atoms with Crippen LogP contribution in [0.1, 0.15) is 45.7 Å². The van der Waals surface area contributed by atoms with E-state index < -0.39 is 8.32 Å². The predicted molar refractivity (Wildman–Crippen MR) is 154 cm³/mol. The highest BCUT2D eigenvalue weighted by molar-refractivity contribution is 6.74. The Morgan fingerprint density at radius 1 is 1.11 bits per heavy atom. The first-order valence-corrected chi connectivity index (χ1v) is 16.0. The van der Waals surface area contributed by atoms with Crippen molar-refractivity contribution >= 4 is 37.5 Å². The number of fused-ring (bicyclic) bond motifs is 1. The van der Waals surface area contributed by atoms with Gasteiger partial charge in [-0.1, -0.05) is 39.8 Å². The largest absolute Gasteiger partial charge is 0.415 e. The van der Waals surface area contributed by atoms with Crippen molar-refractivity contribution in [3.8, 4) is 0 Å². The quantitative estimate of drug-likeness (QED) is 0.307. The van der Waals surface area contributed by atoms with E-state index in [4.69, 9.17) is 9.41 Å². The molecule has 4 rings (SSSR count). The van der Waals surface area contributed by atoms with Gasteiger partial charge >= 0.3 is 6.03 Å². The molecule has 1 aliphatic rings. The van der Waals surface area contributed by atoms with E-state index in [1.807, 2.05) is 19.1 Å². The van der Waals surface area contributed by atoms with Crippen LogP contribution in [0.3, 0.4) is 0 Å². The fourth-order valence-electron chi connectivity index (χ4n) is 4.03. The Morgan fingerprint density at radius 3 is 2.37 bits per heavy atom. The minimum atomic E-state index is -2.03. The fraction of sp³-hybridized carbons (Fsp3) is 0.414. The maximum atomic E-state index is 14.0. The van der Waals surface area contributed by atoms with Crippen LogP contribution in [-0.2, 0) is 17.4 Å². The van der Waals surface area contributed by atoms with Gasteiger partial charge in [0.25, 0.3) is 0 Å². The van der Waals surface area contributed by atoms with Crippen molar-refractivity contribution in [3.05, 3.63) is 71.7 Å². The van der Waals surface area contributed by atoms with Gasteiger partial charge in [-0.2, -0.15) is 4.98 Å². The summed E-state index contributed by atoms with van der Waals surface area (Å²) in [6.45, 7) is 15.9. The molecule has 1 aromatic heterocycles. The third kappa shape index (κ3) is 5.89. The Kier molecular flexibility index (Phi) is 7.90. The average molecular weight is 536 g/mol. The summed E-state index contributed by atoms with van der Waals surface area (Å²) >= 11 is 0. The number of nitrogens with zero attached hydrogens (tertiary/aromatic N) is 4. The lowest BCUT2D eigenvalue weighted by Crippen LogP contribution is -2.54. The molecular formula is C29H38FN5O2Si. The van der Waals surface area contributed by atoms with Crippen LogP contribution in [-0.4, -0.2) is 37.0 Å². The van der Waals surface area contributed by atoms with Gasteiger partial charge in [-0.15, -0.1) is 0 Å². The molecule has 202 valence electrons. The Hall–Kier alpha value is -3.30. The predicted octanol–water partition coefficient (Wildman–Crippen LogP) is 7.28. The van der Waals surface area contributed by atoms with Crippen LogP contribution in [0.2, 0.25) is 18.1 Å². The van der Waals surface area contributed by atoms with Crippen molar-refractivity contribution in [2.24, 2.45) is 0 Å². The molecule has 0 bridgehead atoms. The van der Waals surface area contributed by atoms with Gasteiger partial charge in [0.1, 0.15) is 11.6 Å². The average Bonchev–Trinajstić information content (AvgIpc) is 2.88. The molecule has 0 saturated carbocycles. The summed E-state index contributed by atoms with van der Waals surface area (Å²) in [5, 5.41) is 3.18. The molecule has 0 spiro atoms. The zero-order valence-corrected chi connectivity index (χ0v) is 24.4. The number of aryl methyl sites for hydroxylation is 1. The van der Waals surface area contributed by atoms with E-state index in [2.05, 4.69) is 63.2 Å². The molecule has 0 radical (unpaired) electrons. The third-order valence-electron chi connectivity index (χ3n) is 7.52. The summed E-state index contributed by atoms with van der Waals surface area (Å²) in [5.41, 5.74) is 3.54. The van der Waals surface area contributed by atoms with Crippen molar-refractivity contribution in [2.75, 3.05) is 21.7 Å². The number of urea groups is 1.